The standard InChI is InChI=1S/C14H16ClNO2/c15-13-4-3-5-14(12-13)18-9-2-1-6-16-7-10-17-11-8-16/h3-5,12H,6-11H2. The van der Waals surface area contributed by atoms with Gasteiger partial charge in [-0.3, -0.25) is 4.90 Å². The lowest BCUT2D eigenvalue weighted by Gasteiger charge is -2.24. The zero-order valence-electron chi connectivity index (χ0n) is 10.2. The largest absolute Gasteiger partial charge is 0.481 e. The van der Waals surface area contributed by atoms with E-state index in [1.807, 2.05) is 18.2 Å². The van der Waals surface area contributed by atoms with Crippen LogP contribution in [0, 0.1) is 11.8 Å². The van der Waals surface area contributed by atoms with Crippen LogP contribution in [0.2, 0.25) is 5.02 Å². The second-order valence-corrected chi connectivity index (χ2v) is 4.42. The lowest BCUT2D eigenvalue weighted by atomic mass is 10.3. The van der Waals surface area contributed by atoms with Gasteiger partial charge in [-0.1, -0.05) is 29.5 Å². The summed E-state index contributed by atoms with van der Waals surface area (Å²) in [6.45, 7) is 4.71. The molecule has 0 aliphatic carbocycles. The highest BCUT2D eigenvalue weighted by Gasteiger charge is 2.07. The fraction of sp³-hybridized carbons (Fsp3) is 0.429. The summed E-state index contributed by atoms with van der Waals surface area (Å²) in [5, 5.41) is 0.675. The number of morpholine rings is 1. The van der Waals surface area contributed by atoms with Crippen LogP contribution in [0.5, 0.6) is 5.75 Å². The molecule has 0 aromatic heterocycles. The topological polar surface area (TPSA) is 21.7 Å². The Labute approximate surface area is 113 Å². The summed E-state index contributed by atoms with van der Waals surface area (Å²) in [6, 6.07) is 7.33. The summed E-state index contributed by atoms with van der Waals surface area (Å²) in [4.78, 5) is 2.27. The number of hydrogen-bond donors (Lipinski definition) is 0. The molecule has 1 aliphatic rings. The minimum Gasteiger partial charge on any atom is -0.481 e. The lowest BCUT2D eigenvalue weighted by molar-refractivity contribution is 0.0443. The number of rotatable bonds is 3. The summed E-state index contributed by atoms with van der Waals surface area (Å²) in [6.07, 6.45) is 0. The van der Waals surface area contributed by atoms with Crippen molar-refractivity contribution in [3.05, 3.63) is 29.3 Å². The highest BCUT2D eigenvalue weighted by atomic mass is 35.5. The molecular weight excluding hydrogens is 250 g/mol. The molecule has 0 bridgehead atoms. The Morgan fingerprint density at radius 3 is 2.89 bits per heavy atom. The number of halogens is 1. The Kier molecular flexibility index (Phi) is 5.35. The predicted molar refractivity (Wildman–Crippen MR) is 72.0 cm³/mol. The van der Waals surface area contributed by atoms with Gasteiger partial charge >= 0.3 is 0 Å². The minimum atomic E-state index is 0.394. The molecule has 0 atom stereocenters. The van der Waals surface area contributed by atoms with Gasteiger partial charge in [0.25, 0.3) is 0 Å². The van der Waals surface area contributed by atoms with Crippen LogP contribution < -0.4 is 4.74 Å². The van der Waals surface area contributed by atoms with Crippen LogP contribution in [0.4, 0.5) is 0 Å². The SMILES string of the molecule is Clc1cccc(OCC#CCN2CCOCC2)c1. The summed E-state index contributed by atoms with van der Waals surface area (Å²) in [5.74, 6) is 6.86. The van der Waals surface area contributed by atoms with Gasteiger partial charge in [0.15, 0.2) is 0 Å². The molecule has 1 heterocycles. The molecule has 96 valence electrons. The van der Waals surface area contributed by atoms with Crippen molar-refractivity contribution in [1.82, 2.24) is 4.90 Å². The van der Waals surface area contributed by atoms with E-state index in [0.717, 1.165) is 38.6 Å². The average molecular weight is 266 g/mol. The van der Waals surface area contributed by atoms with Gasteiger partial charge in [0, 0.05) is 18.1 Å². The van der Waals surface area contributed by atoms with Crippen molar-refractivity contribution in [2.75, 3.05) is 39.5 Å². The average Bonchev–Trinajstić information content (AvgIpc) is 2.40. The molecule has 1 aromatic carbocycles. The van der Waals surface area contributed by atoms with E-state index in [9.17, 15) is 0 Å². The molecule has 1 aromatic rings. The van der Waals surface area contributed by atoms with E-state index in [0.29, 0.717) is 11.6 Å². The zero-order chi connectivity index (χ0) is 12.6. The van der Waals surface area contributed by atoms with Crippen LogP contribution in [-0.4, -0.2) is 44.4 Å². The van der Waals surface area contributed by atoms with E-state index in [1.54, 1.807) is 6.07 Å². The van der Waals surface area contributed by atoms with Crippen LogP contribution in [0.3, 0.4) is 0 Å². The van der Waals surface area contributed by atoms with Gasteiger partial charge in [0.2, 0.25) is 0 Å². The fourth-order valence-electron chi connectivity index (χ4n) is 1.65. The molecule has 0 amide bonds. The number of nitrogens with zero attached hydrogens (tertiary/aromatic N) is 1. The lowest BCUT2D eigenvalue weighted by Crippen LogP contribution is -2.36. The molecular formula is C14H16ClNO2. The minimum absolute atomic E-state index is 0.394. The zero-order valence-corrected chi connectivity index (χ0v) is 10.9. The maximum Gasteiger partial charge on any atom is 0.149 e. The van der Waals surface area contributed by atoms with E-state index in [-0.39, 0.29) is 0 Å². The van der Waals surface area contributed by atoms with Gasteiger partial charge in [-0.05, 0) is 18.2 Å². The van der Waals surface area contributed by atoms with Crippen molar-refractivity contribution in [3.63, 3.8) is 0 Å². The fourth-order valence-corrected chi connectivity index (χ4v) is 1.83. The second-order valence-electron chi connectivity index (χ2n) is 3.99. The first-order chi connectivity index (χ1) is 8.84. The Balaban J connectivity index is 1.68. The van der Waals surface area contributed by atoms with Gasteiger partial charge in [-0.25, -0.2) is 0 Å². The molecule has 1 saturated heterocycles. The van der Waals surface area contributed by atoms with Crippen molar-refractivity contribution in [2.24, 2.45) is 0 Å². The number of ether oxygens (including phenoxy) is 2. The van der Waals surface area contributed by atoms with Crippen LogP contribution >= 0.6 is 11.6 Å². The highest BCUT2D eigenvalue weighted by Crippen LogP contribution is 2.16. The van der Waals surface area contributed by atoms with Gasteiger partial charge in [0.05, 0.1) is 19.8 Å². The van der Waals surface area contributed by atoms with E-state index < -0.39 is 0 Å². The molecule has 1 fully saturated rings. The molecule has 0 N–H and O–H groups in total. The maximum atomic E-state index is 5.85. The van der Waals surface area contributed by atoms with E-state index in [2.05, 4.69) is 16.7 Å². The third-order valence-electron chi connectivity index (χ3n) is 2.64. The molecule has 0 spiro atoms. The van der Waals surface area contributed by atoms with Crippen LogP contribution in [-0.2, 0) is 4.74 Å². The second kappa shape index (κ2) is 7.27. The number of hydrogen-bond acceptors (Lipinski definition) is 3. The maximum absolute atomic E-state index is 5.85. The Morgan fingerprint density at radius 2 is 2.11 bits per heavy atom. The molecule has 18 heavy (non-hydrogen) atoms. The Morgan fingerprint density at radius 1 is 1.28 bits per heavy atom. The van der Waals surface area contributed by atoms with Gasteiger partial charge in [-0.15, -0.1) is 0 Å². The number of benzene rings is 1. The van der Waals surface area contributed by atoms with Crippen molar-refractivity contribution < 1.29 is 9.47 Å². The smallest absolute Gasteiger partial charge is 0.149 e. The highest BCUT2D eigenvalue weighted by molar-refractivity contribution is 6.30. The predicted octanol–water partition coefficient (Wildman–Crippen LogP) is 2.05. The molecule has 0 saturated carbocycles. The molecule has 1 aliphatic heterocycles. The molecule has 0 radical (unpaired) electrons. The quantitative estimate of drug-likeness (QED) is 0.781. The van der Waals surface area contributed by atoms with Crippen molar-refractivity contribution in [3.8, 4) is 17.6 Å². The van der Waals surface area contributed by atoms with Crippen molar-refractivity contribution in [2.45, 2.75) is 0 Å². The summed E-state index contributed by atoms with van der Waals surface area (Å²) >= 11 is 5.85. The third kappa shape index (κ3) is 4.58. The van der Waals surface area contributed by atoms with Gasteiger partial charge in [-0.2, -0.15) is 0 Å². The molecule has 3 nitrogen and oxygen atoms in total. The van der Waals surface area contributed by atoms with Gasteiger partial charge in [0.1, 0.15) is 12.4 Å². The van der Waals surface area contributed by atoms with E-state index >= 15 is 0 Å². The normalized spacial score (nSPS) is 15.8. The van der Waals surface area contributed by atoms with Crippen LogP contribution in [0.25, 0.3) is 0 Å². The third-order valence-corrected chi connectivity index (χ3v) is 2.87. The molecule has 2 rings (SSSR count). The summed E-state index contributed by atoms with van der Waals surface area (Å²) in [7, 11) is 0. The first-order valence-corrected chi connectivity index (χ1v) is 6.36. The Bertz CT molecular complexity index is 433. The van der Waals surface area contributed by atoms with Gasteiger partial charge < -0.3 is 9.47 Å². The summed E-state index contributed by atoms with van der Waals surface area (Å²) in [5.41, 5.74) is 0. The Hall–Kier alpha value is -1.21. The molecule has 0 unspecified atom stereocenters. The monoisotopic (exact) mass is 265 g/mol. The van der Waals surface area contributed by atoms with Crippen LogP contribution in [0.15, 0.2) is 24.3 Å². The van der Waals surface area contributed by atoms with E-state index in [1.165, 1.54) is 0 Å². The summed E-state index contributed by atoms with van der Waals surface area (Å²) < 4.78 is 10.7. The van der Waals surface area contributed by atoms with E-state index in [4.69, 9.17) is 21.1 Å². The first kappa shape index (κ1) is 13.2. The van der Waals surface area contributed by atoms with Crippen LogP contribution in [0.1, 0.15) is 0 Å². The first-order valence-electron chi connectivity index (χ1n) is 5.99. The van der Waals surface area contributed by atoms with Crippen molar-refractivity contribution in [1.29, 1.82) is 0 Å². The molecule has 4 heteroatoms. The van der Waals surface area contributed by atoms with Crippen molar-refractivity contribution >= 4 is 11.6 Å².